The predicted molar refractivity (Wildman–Crippen MR) is 68.7 cm³/mol. The summed E-state index contributed by atoms with van der Waals surface area (Å²) in [5, 5.41) is 16.1. The fourth-order valence-corrected chi connectivity index (χ4v) is 2.01. The van der Waals surface area contributed by atoms with Gasteiger partial charge < -0.3 is 15.7 Å². The fourth-order valence-electron chi connectivity index (χ4n) is 2.01. The van der Waals surface area contributed by atoms with Crippen LogP contribution in [0.4, 0.5) is 0 Å². The summed E-state index contributed by atoms with van der Waals surface area (Å²) < 4.78 is 0. The van der Waals surface area contributed by atoms with E-state index in [1.54, 1.807) is 6.92 Å². The monoisotopic (exact) mass is 242 g/mol. The third kappa shape index (κ3) is 7.34. The molecule has 0 aromatic rings. The Kier molecular flexibility index (Phi) is 5.40. The van der Waals surface area contributed by atoms with E-state index in [9.17, 15) is 9.90 Å². The second kappa shape index (κ2) is 6.36. The lowest BCUT2D eigenvalue weighted by atomic mass is 9.94. The molecule has 0 heterocycles. The van der Waals surface area contributed by atoms with Gasteiger partial charge in [-0.15, -0.1) is 0 Å². The van der Waals surface area contributed by atoms with Crippen LogP contribution in [-0.2, 0) is 4.79 Å². The average molecular weight is 242 g/mol. The molecule has 0 aromatic carbocycles. The molecule has 0 radical (unpaired) electrons. The van der Waals surface area contributed by atoms with E-state index in [0.717, 1.165) is 6.54 Å². The van der Waals surface area contributed by atoms with Crippen molar-refractivity contribution in [1.82, 2.24) is 10.6 Å². The van der Waals surface area contributed by atoms with Crippen molar-refractivity contribution in [1.29, 1.82) is 0 Å². The van der Waals surface area contributed by atoms with Crippen molar-refractivity contribution in [3.05, 3.63) is 0 Å². The van der Waals surface area contributed by atoms with E-state index in [1.165, 1.54) is 12.8 Å². The molecule has 4 nitrogen and oxygen atoms in total. The number of hydrogen-bond donors (Lipinski definition) is 3. The van der Waals surface area contributed by atoms with Gasteiger partial charge in [-0.1, -0.05) is 13.8 Å². The highest BCUT2D eigenvalue weighted by molar-refractivity contribution is 5.76. The average Bonchev–Trinajstić information content (AvgIpc) is 2.97. The summed E-state index contributed by atoms with van der Waals surface area (Å²) in [6.45, 7) is 6.98. The number of carbonyl (C=O) groups excluding carboxylic acids is 1. The second-order valence-corrected chi connectivity index (χ2v) is 5.85. The first kappa shape index (κ1) is 14.5. The minimum Gasteiger partial charge on any atom is -0.388 e. The number of hydrogen-bond acceptors (Lipinski definition) is 3. The number of rotatable bonds is 8. The van der Waals surface area contributed by atoms with E-state index in [2.05, 4.69) is 24.5 Å². The minimum absolute atomic E-state index is 0.0159. The van der Waals surface area contributed by atoms with Crippen molar-refractivity contribution < 1.29 is 9.90 Å². The highest BCUT2D eigenvalue weighted by Crippen LogP contribution is 2.18. The molecule has 4 heteroatoms. The zero-order chi connectivity index (χ0) is 12.9. The van der Waals surface area contributed by atoms with E-state index >= 15 is 0 Å². The Labute approximate surface area is 104 Å². The van der Waals surface area contributed by atoms with Crippen LogP contribution in [0.1, 0.15) is 46.5 Å². The van der Waals surface area contributed by atoms with Gasteiger partial charge in [-0.05, 0) is 32.1 Å². The van der Waals surface area contributed by atoms with Crippen LogP contribution in [0.2, 0.25) is 0 Å². The first-order chi connectivity index (χ1) is 7.89. The van der Waals surface area contributed by atoms with Crippen LogP contribution < -0.4 is 10.6 Å². The van der Waals surface area contributed by atoms with Crippen LogP contribution >= 0.6 is 0 Å². The molecule has 1 unspecified atom stereocenters. The normalized spacial score (nSPS) is 19.1. The van der Waals surface area contributed by atoms with Gasteiger partial charge in [-0.2, -0.15) is 0 Å². The van der Waals surface area contributed by atoms with E-state index in [-0.39, 0.29) is 5.91 Å². The summed E-state index contributed by atoms with van der Waals surface area (Å²) in [5.74, 6) is 0.445. The summed E-state index contributed by atoms with van der Waals surface area (Å²) in [5.41, 5.74) is -0.798. The number of amides is 1. The number of aliphatic hydroxyl groups is 1. The summed E-state index contributed by atoms with van der Waals surface area (Å²) in [6, 6.07) is 0.645. The molecule has 1 amide bonds. The van der Waals surface area contributed by atoms with Crippen LogP contribution in [0.3, 0.4) is 0 Å². The quantitative estimate of drug-likeness (QED) is 0.596. The van der Waals surface area contributed by atoms with Crippen LogP contribution in [0.5, 0.6) is 0 Å². The molecule has 0 saturated heterocycles. The smallest absolute Gasteiger partial charge is 0.221 e. The van der Waals surface area contributed by atoms with Crippen molar-refractivity contribution in [3.63, 3.8) is 0 Å². The van der Waals surface area contributed by atoms with E-state index in [4.69, 9.17) is 0 Å². The Hall–Kier alpha value is -0.610. The topological polar surface area (TPSA) is 61.4 Å². The highest BCUT2D eigenvalue weighted by atomic mass is 16.3. The zero-order valence-electron chi connectivity index (χ0n) is 11.3. The largest absolute Gasteiger partial charge is 0.388 e. The van der Waals surface area contributed by atoms with E-state index < -0.39 is 5.60 Å². The Morgan fingerprint density at radius 1 is 1.47 bits per heavy atom. The Morgan fingerprint density at radius 2 is 2.12 bits per heavy atom. The van der Waals surface area contributed by atoms with Gasteiger partial charge in [-0.3, -0.25) is 4.79 Å². The summed E-state index contributed by atoms with van der Waals surface area (Å²) >= 11 is 0. The molecule has 0 bridgehead atoms. The molecule has 0 spiro atoms. The highest BCUT2D eigenvalue weighted by Gasteiger charge is 2.23. The lowest BCUT2D eigenvalue weighted by Crippen LogP contribution is -2.42. The van der Waals surface area contributed by atoms with Crippen molar-refractivity contribution in [2.45, 2.75) is 58.1 Å². The van der Waals surface area contributed by atoms with Crippen molar-refractivity contribution in [3.8, 4) is 0 Å². The van der Waals surface area contributed by atoms with Gasteiger partial charge in [0, 0.05) is 25.6 Å². The molecule has 1 aliphatic rings. The second-order valence-electron chi connectivity index (χ2n) is 5.85. The fraction of sp³-hybridized carbons (Fsp3) is 0.923. The first-order valence-electron chi connectivity index (χ1n) is 6.61. The number of nitrogens with one attached hydrogen (secondary N) is 2. The molecule has 0 aromatic heterocycles. The third-order valence-corrected chi connectivity index (χ3v) is 2.88. The Morgan fingerprint density at radius 3 is 2.65 bits per heavy atom. The molecule has 0 aliphatic heterocycles. The van der Waals surface area contributed by atoms with Crippen LogP contribution in [0.15, 0.2) is 0 Å². The van der Waals surface area contributed by atoms with Gasteiger partial charge in [-0.25, -0.2) is 0 Å². The SMILES string of the molecule is CC(C)CC(C)(O)CNC(=O)CCNC1CC1. The molecule has 100 valence electrons. The molecule has 1 atom stereocenters. The standard InChI is InChI=1S/C13H26N2O2/c1-10(2)8-13(3,17)9-15-12(16)6-7-14-11-4-5-11/h10-11,14,17H,4-9H2,1-3H3,(H,15,16). The molecular formula is C13H26N2O2. The molecule has 1 saturated carbocycles. The van der Waals surface area contributed by atoms with Gasteiger partial charge in [0.15, 0.2) is 0 Å². The van der Waals surface area contributed by atoms with Crippen molar-refractivity contribution >= 4 is 5.91 Å². The van der Waals surface area contributed by atoms with Gasteiger partial charge in [0.05, 0.1) is 5.60 Å². The number of carbonyl (C=O) groups is 1. The van der Waals surface area contributed by atoms with Crippen LogP contribution in [0, 0.1) is 5.92 Å². The van der Waals surface area contributed by atoms with Gasteiger partial charge >= 0.3 is 0 Å². The molecule has 1 aliphatic carbocycles. The summed E-state index contributed by atoms with van der Waals surface area (Å²) in [6.07, 6.45) is 3.68. The van der Waals surface area contributed by atoms with Crippen LogP contribution in [0.25, 0.3) is 0 Å². The third-order valence-electron chi connectivity index (χ3n) is 2.88. The molecule has 1 fully saturated rings. The maximum atomic E-state index is 11.5. The lowest BCUT2D eigenvalue weighted by Gasteiger charge is -2.25. The molecule has 17 heavy (non-hydrogen) atoms. The van der Waals surface area contributed by atoms with Gasteiger partial charge in [0.25, 0.3) is 0 Å². The summed E-state index contributed by atoms with van der Waals surface area (Å²) in [7, 11) is 0. The maximum Gasteiger partial charge on any atom is 0.221 e. The van der Waals surface area contributed by atoms with Crippen molar-refractivity contribution in [2.75, 3.05) is 13.1 Å². The molecule has 3 N–H and O–H groups in total. The van der Waals surface area contributed by atoms with Gasteiger partial charge in [0.2, 0.25) is 5.91 Å². The molecule has 1 rings (SSSR count). The maximum absolute atomic E-state index is 11.5. The lowest BCUT2D eigenvalue weighted by molar-refractivity contribution is -0.122. The van der Waals surface area contributed by atoms with Crippen molar-refractivity contribution in [2.24, 2.45) is 5.92 Å². The Balaban J connectivity index is 2.08. The van der Waals surface area contributed by atoms with E-state index in [0.29, 0.717) is 31.3 Å². The van der Waals surface area contributed by atoms with Crippen LogP contribution in [-0.4, -0.2) is 35.7 Å². The zero-order valence-corrected chi connectivity index (χ0v) is 11.3. The Bertz CT molecular complexity index is 248. The first-order valence-corrected chi connectivity index (χ1v) is 6.61. The minimum atomic E-state index is -0.798. The summed E-state index contributed by atoms with van der Waals surface area (Å²) in [4.78, 5) is 11.5. The molecular weight excluding hydrogens is 216 g/mol. The van der Waals surface area contributed by atoms with E-state index in [1.807, 2.05) is 0 Å². The predicted octanol–water partition coefficient (Wildman–Crippen LogP) is 1.04. The van der Waals surface area contributed by atoms with Gasteiger partial charge in [0.1, 0.15) is 0 Å².